The minimum atomic E-state index is -2.04. The Kier molecular flexibility index (Phi) is 4.72. The Balaban J connectivity index is 2.91. The number of rotatable bonds is 4. The molecule has 1 aromatic rings. The third-order valence-electron chi connectivity index (χ3n) is 2.18. The van der Waals surface area contributed by atoms with Crippen molar-refractivity contribution in [1.82, 2.24) is 0 Å². The van der Waals surface area contributed by atoms with Crippen LogP contribution < -0.4 is 5.73 Å². The standard InChI is InChI=1S/C11H13ClFNO3/c1-2-17-11(16)9(13)10(14)7-5-6(12)3-4-8(7)15/h3-5,9-10,15H,2,14H2,1H3/t9?,10-/m1/s1. The molecule has 0 fully saturated rings. The molecule has 4 nitrogen and oxygen atoms in total. The average molecular weight is 262 g/mol. The molecule has 17 heavy (non-hydrogen) atoms. The monoisotopic (exact) mass is 261 g/mol. The first kappa shape index (κ1) is 13.7. The lowest BCUT2D eigenvalue weighted by molar-refractivity contribution is -0.149. The predicted octanol–water partition coefficient (Wildman–Crippen LogP) is 1.95. The number of ether oxygens (including phenoxy) is 1. The first-order valence-electron chi connectivity index (χ1n) is 5.02. The van der Waals surface area contributed by atoms with Crippen LogP contribution in [0.5, 0.6) is 5.75 Å². The number of aromatic hydroxyl groups is 1. The summed E-state index contributed by atoms with van der Waals surface area (Å²) < 4.78 is 18.1. The highest BCUT2D eigenvalue weighted by molar-refractivity contribution is 6.30. The van der Waals surface area contributed by atoms with Gasteiger partial charge in [-0.3, -0.25) is 0 Å². The van der Waals surface area contributed by atoms with Crippen molar-refractivity contribution in [1.29, 1.82) is 0 Å². The second kappa shape index (κ2) is 5.84. The Labute approximate surface area is 103 Å². The smallest absolute Gasteiger partial charge is 0.342 e. The fraction of sp³-hybridized carbons (Fsp3) is 0.364. The van der Waals surface area contributed by atoms with Crippen LogP contribution >= 0.6 is 11.6 Å². The van der Waals surface area contributed by atoms with Gasteiger partial charge in [0.05, 0.1) is 12.6 Å². The van der Waals surface area contributed by atoms with Crippen LogP contribution in [0.4, 0.5) is 4.39 Å². The summed E-state index contributed by atoms with van der Waals surface area (Å²) in [6, 6.07) is 2.72. The van der Waals surface area contributed by atoms with Crippen LogP contribution in [0.15, 0.2) is 18.2 Å². The first-order chi connectivity index (χ1) is 7.97. The number of hydrogen-bond acceptors (Lipinski definition) is 4. The molecule has 0 aliphatic heterocycles. The van der Waals surface area contributed by atoms with Crippen LogP contribution in [0.25, 0.3) is 0 Å². The van der Waals surface area contributed by atoms with E-state index >= 15 is 0 Å². The number of hydrogen-bond donors (Lipinski definition) is 2. The molecule has 2 atom stereocenters. The fourth-order valence-electron chi connectivity index (χ4n) is 1.32. The van der Waals surface area contributed by atoms with Gasteiger partial charge in [-0.15, -0.1) is 0 Å². The van der Waals surface area contributed by atoms with E-state index in [4.69, 9.17) is 17.3 Å². The highest BCUT2D eigenvalue weighted by atomic mass is 35.5. The van der Waals surface area contributed by atoms with Crippen molar-refractivity contribution in [2.75, 3.05) is 6.61 Å². The molecule has 1 unspecified atom stereocenters. The molecule has 6 heteroatoms. The Morgan fingerprint density at radius 1 is 1.65 bits per heavy atom. The van der Waals surface area contributed by atoms with E-state index < -0.39 is 18.2 Å². The molecule has 0 aromatic heterocycles. The van der Waals surface area contributed by atoms with Crippen LogP contribution in [0.2, 0.25) is 5.02 Å². The zero-order valence-electron chi connectivity index (χ0n) is 9.19. The SMILES string of the molecule is CCOC(=O)C(F)[C@H](N)c1cc(Cl)ccc1O. The van der Waals surface area contributed by atoms with E-state index in [1.54, 1.807) is 6.92 Å². The maximum absolute atomic E-state index is 13.6. The number of benzene rings is 1. The second-order valence-electron chi connectivity index (χ2n) is 3.38. The average Bonchev–Trinajstić information content (AvgIpc) is 2.30. The van der Waals surface area contributed by atoms with Crippen molar-refractivity contribution in [3.8, 4) is 5.75 Å². The van der Waals surface area contributed by atoms with Crippen LogP contribution in [0.1, 0.15) is 18.5 Å². The highest BCUT2D eigenvalue weighted by Gasteiger charge is 2.29. The summed E-state index contributed by atoms with van der Waals surface area (Å²) in [7, 11) is 0. The Morgan fingerprint density at radius 2 is 2.29 bits per heavy atom. The van der Waals surface area contributed by atoms with E-state index in [0.717, 1.165) is 0 Å². The molecule has 0 radical (unpaired) electrons. The Morgan fingerprint density at radius 3 is 2.88 bits per heavy atom. The number of alkyl halides is 1. The number of halogens is 2. The van der Waals surface area contributed by atoms with Crippen molar-refractivity contribution in [3.05, 3.63) is 28.8 Å². The van der Waals surface area contributed by atoms with Crippen LogP contribution in [-0.2, 0) is 9.53 Å². The molecular formula is C11H13ClFNO3. The maximum atomic E-state index is 13.6. The van der Waals surface area contributed by atoms with E-state index in [0.29, 0.717) is 5.02 Å². The molecule has 0 saturated carbocycles. The molecule has 3 N–H and O–H groups in total. The number of phenols is 1. The third kappa shape index (κ3) is 3.31. The van der Waals surface area contributed by atoms with E-state index in [2.05, 4.69) is 4.74 Å². The molecule has 0 bridgehead atoms. The van der Waals surface area contributed by atoms with Crippen LogP contribution in [0, 0.1) is 0 Å². The van der Waals surface area contributed by atoms with Crippen molar-refractivity contribution < 1.29 is 19.0 Å². The Hall–Kier alpha value is -1.33. The number of nitrogens with two attached hydrogens (primary N) is 1. The van der Waals surface area contributed by atoms with Crippen molar-refractivity contribution in [3.63, 3.8) is 0 Å². The zero-order valence-corrected chi connectivity index (χ0v) is 9.95. The first-order valence-corrected chi connectivity index (χ1v) is 5.39. The highest BCUT2D eigenvalue weighted by Crippen LogP contribution is 2.29. The number of carbonyl (C=O) groups is 1. The molecule has 0 aliphatic rings. The van der Waals surface area contributed by atoms with E-state index in [9.17, 15) is 14.3 Å². The fourth-order valence-corrected chi connectivity index (χ4v) is 1.50. The lowest BCUT2D eigenvalue weighted by Gasteiger charge is -2.17. The summed E-state index contributed by atoms with van der Waals surface area (Å²) in [6.45, 7) is 1.63. The normalized spacial score (nSPS) is 14.1. The van der Waals surface area contributed by atoms with E-state index in [-0.39, 0.29) is 17.9 Å². The van der Waals surface area contributed by atoms with Gasteiger partial charge in [0, 0.05) is 10.6 Å². The van der Waals surface area contributed by atoms with Crippen LogP contribution in [-0.4, -0.2) is 23.9 Å². The largest absolute Gasteiger partial charge is 0.508 e. The van der Waals surface area contributed by atoms with Gasteiger partial charge in [-0.2, -0.15) is 0 Å². The van der Waals surface area contributed by atoms with E-state index in [1.807, 2.05) is 0 Å². The molecule has 0 spiro atoms. The van der Waals surface area contributed by atoms with Gasteiger partial charge >= 0.3 is 5.97 Å². The summed E-state index contributed by atoms with van der Waals surface area (Å²) in [5, 5.41) is 9.80. The molecule has 0 amide bonds. The maximum Gasteiger partial charge on any atom is 0.342 e. The summed E-state index contributed by atoms with van der Waals surface area (Å²) in [4.78, 5) is 11.2. The van der Waals surface area contributed by atoms with Gasteiger partial charge in [-0.25, -0.2) is 9.18 Å². The molecular weight excluding hydrogens is 249 g/mol. The summed E-state index contributed by atoms with van der Waals surface area (Å²) in [6.07, 6.45) is -2.04. The van der Waals surface area contributed by atoms with Crippen molar-refractivity contribution in [2.45, 2.75) is 19.1 Å². The summed E-state index contributed by atoms with van der Waals surface area (Å²) >= 11 is 5.70. The third-order valence-corrected chi connectivity index (χ3v) is 2.41. The Bertz CT molecular complexity index is 414. The number of esters is 1. The minimum absolute atomic E-state index is 0.0630. The van der Waals surface area contributed by atoms with Gasteiger partial charge in [0.15, 0.2) is 0 Å². The van der Waals surface area contributed by atoms with Gasteiger partial charge in [-0.05, 0) is 25.1 Å². The van der Waals surface area contributed by atoms with Gasteiger partial charge in [0.2, 0.25) is 6.17 Å². The minimum Gasteiger partial charge on any atom is -0.508 e. The topological polar surface area (TPSA) is 72.5 Å². The van der Waals surface area contributed by atoms with E-state index in [1.165, 1.54) is 18.2 Å². The van der Waals surface area contributed by atoms with Gasteiger partial charge in [0.25, 0.3) is 0 Å². The number of phenolic OH excluding ortho intramolecular Hbond substituents is 1. The molecule has 0 aliphatic carbocycles. The molecule has 1 rings (SSSR count). The summed E-state index contributed by atoms with van der Waals surface area (Å²) in [5.41, 5.74) is 5.61. The molecule has 1 aromatic carbocycles. The quantitative estimate of drug-likeness (QED) is 0.813. The summed E-state index contributed by atoms with van der Waals surface area (Å²) in [5.74, 6) is -1.27. The number of carbonyl (C=O) groups excluding carboxylic acids is 1. The van der Waals surface area contributed by atoms with Crippen molar-refractivity contribution in [2.24, 2.45) is 5.73 Å². The molecule has 0 saturated heterocycles. The van der Waals surface area contributed by atoms with Gasteiger partial charge in [0.1, 0.15) is 5.75 Å². The zero-order chi connectivity index (χ0) is 13.0. The molecule has 94 valence electrons. The lowest BCUT2D eigenvalue weighted by Crippen LogP contribution is -2.31. The second-order valence-corrected chi connectivity index (χ2v) is 3.82. The predicted molar refractivity (Wildman–Crippen MR) is 61.6 cm³/mol. The molecule has 0 heterocycles. The van der Waals surface area contributed by atoms with Gasteiger partial charge in [-0.1, -0.05) is 11.6 Å². The lowest BCUT2D eigenvalue weighted by atomic mass is 10.0. The van der Waals surface area contributed by atoms with Crippen LogP contribution in [0.3, 0.4) is 0 Å². The van der Waals surface area contributed by atoms with Gasteiger partial charge < -0.3 is 15.6 Å². The van der Waals surface area contributed by atoms with Crippen molar-refractivity contribution >= 4 is 17.6 Å².